The Morgan fingerprint density at radius 3 is 3.00 bits per heavy atom. The number of aromatic nitrogens is 1. The van der Waals surface area contributed by atoms with Crippen LogP contribution in [0.25, 0.3) is 11.3 Å². The number of thiazole rings is 1. The summed E-state index contributed by atoms with van der Waals surface area (Å²) in [4.78, 5) is 5.67. The molecular weight excluding hydrogens is 206 g/mol. The van der Waals surface area contributed by atoms with Crippen LogP contribution in [0, 0.1) is 0 Å². The summed E-state index contributed by atoms with van der Waals surface area (Å²) in [6.45, 7) is 2.21. The van der Waals surface area contributed by atoms with Crippen molar-refractivity contribution in [2.24, 2.45) is 0 Å². The van der Waals surface area contributed by atoms with E-state index in [1.165, 1.54) is 4.88 Å². The van der Waals surface area contributed by atoms with E-state index in [2.05, 4.69) is 11.9 Å². The van der Waals surface area contributed by atoms with Crippen LogP contribution in [0.1, 0.15) is 17.4 Å². The number of hydrogen-bond acceptors (Lipinski definition) is 3. The minimum Gasteiger partial charge on any atom is -0.392 e. The second-order valence-electron chi connectivity index (χ2n) is 3.34. The van der Waals surface area contributed by atoms with Gasteiger partial charge in [-0.3, -0.25) is 0 Å². The minimum atomic E-state index is 0.0828. The van der Waals surface area contributed by atoms with Gasteiger partial charge in [0.1, 0.15) is 0 Å². The zero-order valence-corrected chi connectivity index (χ0v) is 9.42. The second-order valence-corrected chi connectivity index (χ2v) is 4.28. The SMILES string of the molecule is CCc1scnc1-c1cccc(CO)c1. The van der Waals surface area contributed by atoms with E-state index in [1.807, 2.05) is 29.8 Å². The van der Waals surface area contributed by atoms with Gasteiger partial charge >= 0.3 is 0 Å². The van der Waals surface area contributed by atoms with Crippen molar-refractivity contribution >= 4 is 11.3 Å². The van der Waals surface area contributed by atoms with Gasteiger partial charge in [0.25, 0.3) is 0 Å². The number of benzene rings is 1. The van der Waals surface area contributed by atoms with Gasteiger partial charge in [0.05, 0.1) is 17.8 Å². The molecule has 0 unspecified atom stereocenters. The van der Waals surface area contributed by atoms with Crippen molar-refractivity contribution in [2.75, 3.05) is 0 Å². The van der Waals surface area contributed by atoms with E-state index in [4.69, 9.17) is 5.11 Å². The molecule has 1 aromatic heterocycles. The number of aliphatic hydroxyl groups excluding tert-OH is 1. The van der Waals surface area contributed by atoms with E-state index in [0.29, 0.717) is 0 Å². The Bertz CT molecular complexity index is 450. The molecule has 3 heteroatoms. The number of nitrogens with zero attached hydrogens (tertiary/aromatic N) is 1. The molecule has 0 aliphatic heterocycles. The maximum atomic E-state index is 9.07. The summed E-state index contributed by atoms with van der Waals surface area (Å²) in [5.41, 5.74) is 4.96. The standard InChI is InChI=1S/C12H13NOS/c1-2-11-12(13-8-15-11)10-5-3-4-9(6-10)7-14/h3-6,8,14H,2,7H2,1H3. The van der Waals surface area contributed by atoms with Crippen LogP contribution >= 0.6 is 11.3 Å². The van der Waals surface area contributed by atoms with Crippen LogP contribution < -0.4 is 0 Å². The smallest absolute Gasteiger partial charge is 0.0843 e. The average molecular weight is 219 g/mol. The Morgan fingerprint density at radius 1 is 1.40 bits per heavy atom. The summed E-state index contributed by atoms with van der Waals surface area (Å²) in [6, 6.07) is 7.91. The van der Waals surface area contributed by atoms with E-state index in [-0.39, 0.29) is 6.61 Å². The summed E-state index contributed by atoms with van der Waals surface area (Å²) < 4.78 is 0. The third kappa shape index (κ3) is 2.08. The molecule has 0 saturated carbocycles. The maximum Gasteiger partial charge on any atom is 0.0843 e. The predicted molar refractivity (Wildman–Crippen MR) is 62.9 cm³/mol. The van der Waals surface area contributed by atoms with Crippen molar-refractivity contribution in [3.05, 3.63) is 40.2 Å². The first kappa shape index (κ1) is 10.3. The summed E-state index contributed by atoms with van der Waals surface area (Å²) >= 11 is 1.68. The summed E-state index contributed by atoms with van der Waals surface area (Å²) in [5, 5.41) is 9.07. The summed E-state index contributed by atoms with van der Waals surface area (Å²) in [7, 11) is 0. The molecule has 0 aliphatic rings. The Hall–Kier alpha value is -1.19. The first-order chi connectivity index (χ1) is 7.35. The van der Waals surface area contributed by atoms with Crippen molar-refractivity contribution in [3.63, 3.8) is 0 Å². The van der Waals surface area contributed by atoms with Gasteiger partial charge in [0.15, 0.2) is 0 Å². The van der Waals surface area contributed by atoms with Gasteiger partial charge in [-0.25, -0.2) is 4.98 Å². The molecular formula is C12H13NOS. The molecule has 1 heterocycles. The van der Waals surface area contributed by atoms with Gasteiger partial charge in [-0.15, -0.1) is 11.3 Å². The maximum absolute atomic E-state index is 9.07. The number of rotatable bonds is 3. The monoisotopic (exact) mass is 219 g/mol. The largest absolute Gasteiger partial charge is 0.392 e. The molecule has 1 N–H and O–H groups in total. The highest BCUT2D eigenvalue weighted by Crippen LogP contribution is 2.26. The lowest BCUT2D eigenvalue weighted by Crippen LogP contribution is -1.87. The van der Waals surface area contributed by atoms with Crippen LogP contribution in [-0.4, -0.2) is 10.1 Å². The molecule has 0 atom stereocenters. The second kappa shape index (κ2) is 4.55. The van der Waals surface area contributed by atoms with Gasteiger partial charge in [-0.1, -0.05) is 25.1 Å². The number of aryl methyl sites for hydroxylation is 1. The molecule has 78 valence electrons. The van der Waals surface area contributed by atoms with E-state index >= 15 is 0 Å². The highest BCUT2D eigenvalue weighted by molar-refractivity contribution is 7.10. The molecule has 0 saturated heterocycles. The third-order valence-electron chi connectivity index (χ3n) is 2.34. The normalized spacial score (nSPS) is 10.5. The van der Waals surface area contributed by atoms with Gasteiger partial charge in [0, 0.05) is 10.4 Å². The Balaban J connectivity index is 2.44. The van der Waals surface area contributed by atoms with Gasteiger partial charge < -0.3 is 5.11 Å². The molecule has 2 rings (SSSR count). The Kier molecular flexibility index (Phi) is 3.14. The molecule has 0 spiro atoms. The lowest BCUT2D eigenvalue weighted by molar-refractivity contribution is 0.282. The van der Waals surface area contributed by atoms with Crippen molar-refractivity contribution in [1.82, 2.24) is 4.98 Å². The van der Waals surface area contributed by atoms with Crippen LogP contribution in [0.5, 0.6) is 0 Å². The van der Waals surface area contributed by atoms with Crippen LogP contribution in [0.4, 0.5) is 0 Å². The van der Waals surface area contributed by atoms with Crippen molar-refractivity contribution < 1.29 is 5.11 Å². The fourth-order valence-electron chi connectivity index (χ4n) is 1.57. The van der Waals surface area contributed by atoms with Crippen molar-refractivity contribution in [2.45, 2.75) is 20.0 Å². The lowest BCUT2D eigenvalue weighted by atomic mass is 10.1. The highest BCUT2D eigenvalue weighted by atomic mass is 32.1. The van der Waals surface area contributed by atoms with E-state index in [0.717, 1.165) is 23.2 Å². The van der Waals surface area contributed by atoms with Crippen LogP contribution in [0.15, 0.2) is 29.8 Å². The molecule has 1 aromatic carbocycles. The first-order valence-electron chi connectivity index (χ1n) is 4.97. The van der Waals surface area contributed by atoms with Crippen molar-refractivity contribution in [1.29, 1.82) is 0 Å². The fraction of sp³-hybridized carbons (Fsp3) is 0.250. The Labute approximate surface area is 93.2 Å². The Morgan fingerprint density at radius 2 is 2.27 bits per heavy atom. The molecule has 2 nitrogen and oxygen atoms in total. The first-order valence-corrected chi connectivity index (χ1v) is 5.85. The third-order valence-corrected chi connectivity index (χ3v) is 3.32. The molecule has 15 heavy (non-hydrogen) atoms. The molecule has 0 bridgehead atoms. The predicted octanol–water partition coefficient (Wildman–Crippen LogP) is 2.86. The zero-order chi connectivity index (χ0) is 10.7. The molecule has 0 fully saturated rings. The molecule has 2 aromatic rings. The summed E-state index contributed by atoms with van der Waals surface area (Å²) in [5.74, 6) is 0. The quantitative estimate of drug-likeness (QED) is 0.861. The number of aliphatic hydroxyl groups is 1. The van der Waals surface area contributed by atoms with Gasteiger partial charge in [-0.05, 0) is 18.1 Å². The average Bonchev–Trinajstić information content (AvgIpc) is 2.77. The van der Waals surface area contributed by atoms with Gasteiger partial charge in [0.2, 0.25) is 0 Å². The minimum absolute atomic E-state index is 0.0828. The fourth-order valence-corrected chi connectivity index (χ4v) is 2.31. The highest BCUT2D eigenvalue weighted by Gasteiger charge is 2.06. The lowest BCUT2D eigenvalue weighted by Gasteiger charge is -2.02. The van der Waals surface area contributed by atoms with E-state index in [9.17, 15) is 0 Å². The zero-order valence-electron chi connectivity index (χ0n) is 8.60. The van der Waals surface area contributed by atoms with Crippen LogP contribution in [0.2, 0.25) is 0 Å². The molecule has 0 amide bonds. The van der Waals surface area contributed by atoms with Crippen LogP contribution in [0.3, 0.4) is 0 Å². The van der Waals surface area contributed by atoms with E-state index in [1.54, 1.807) is 11.3 Å². The number of hydrogen-bond donors (Lipinski definition) is 1. The topological polar surface area (TPSA) is 33.1 Å². The van der Waals surface area contributed by atoms with Crippen LogP contribution in [-0.2, 0) is 13.0 Å². The van der Waals surface area contributed by atoms with Gasteiger partial charge in [-0.2, -0.15) is 0 Å². The molecule has 0 radical (unpaired) electrons. The summed E-state index contributed by atoms with van der Waals surface area (Å²) in [6.07, 6.45) is 1.00. The van der Waals surface area contributed by atoms with E-state index < -0.39 is 0 Å². The van der Waals surface area contributed by atoms with Crippen molar-refractivity contribution in [3.8, 4) is 11.3 Å². The molecule has 0 aliphatic carbocycles.